The fraction of sp³-hybridized carbons (Fsp3) is 0.556. The Hall–Kier alpha value is -1.43. The Morgan fingerprint density at radius 3 is 2.93 bits per heavy atom. The molecule has 0 aliphatic rings. The van der Waals surface area contributed by atoms with Crippen LogP contribution in [0.15, 0.2) is 6.20 Å². The van der Waals surface area contributed by atoms with Crippen LogP contribution in [0, 0.1) is 5.82 Å². The second kappa shape index (κ2) is 6.13. The van der Waals surface area contributed by atoms with Crippen molar-refractivity contribution in [2.24, 2.45) is 0 Å². The van der Waals surface area contributed by atoms with Gasteiger partial charge in [0.2, 0.25) is 5.95 Å². The number of hydrogen-bond donors (Lipinski definition) is 2. The lowest BCUT2D eigenvalue weighted by Gasteiger charge is -2.07. The first-order valence-electron chi connectivity index (χ1n) is 4.77. The van der Waals surface area contributed by atoms with E-state index in [0.29, 0.717) is 25.6 Å². The molecule has 0 bridgehead atoms. The van der Waals surface area contributed by atoms with E-state index in [1.54, 1.807) is 7.11 Å². The van der Waals surface area contributed by atoms with Crippen LogP contribution in [0.5, 0.6) is 0 Å². The fourth-order valence-electron chi connectivity index (χ4n) is 1.01. The molecule has 6 heteroatoms. The highest BCUT2D eigenvalue weighted by molar-refractivity contribution is 5.40. The molecule has 0 atom stereocenters. The lowest BCUT2D eigenvalue weighted by molar-refractivity contribution is 0.210. The van der Waals surface area contributed by atoms with Gasteiger partial charge in [-0.2, -0.15) is 4.98 Å². The predicted molar refractivity (Wildman–Crippen MR) is 56.5 cm³/mol. The Kier molecular flexibility index (Phi) is 4.76. The standard InChI is InChI=1S/C9H15FN4O/c1-3-11-9-13-6-7(10)8(14-9)12-4-5-15-2/h6H,3-5H2,1-2H3,(H2,11,12,13,14). The highest BCUT2D eigenvalue weighted by atomic mass is 19.1. The third-order valence-corrected chi connectivity index (χ3v) is 1.68. The molecule has 15 heavy (non-hydrogen) atoms. The molecule has 2 N–H and O–H groups in total. The maximum absolute atomic E-state index is 13.2. The van der Waals surface area contributed by atoms with Crippen LogP contribution in [0.2, 0.25) is 0 Å². The molecule has 0 amide bonds. The minimum absolute atomic E-state index is 0.193. The molecular weight excluding hydrogens is 199 g/mol. The molecule has 1 rings (SSSR count). The summed E-state index contributed by atoms with van der Waals surface area (Å²) < 4.78 is 18.0. The number of halogens is 1. The Bertz CT molecular complexity index is 308. The monoisotopic (exact) mass is 214 g/mol. The SMILES string of the molecule is CCNc1ncc(F)c(NCCOC)n1. The molecule has 1 heterocycles. The van der Waals surface area contributed by atoms with Crippen molar-refractivity contribution in [3.05, 3.63) is 12.0 Å². The van der Waals surface area contributed by atoms with Crippen LogP contribution in [-0.4, -0.2) is 36.8 Å². The molecule has 0 radical (unpaired) electrons. The Morgan fingerprint density at radius 2 is 2.27 bits per heavy atom. The average Bonchev–Trinajstić information content (AvgIpc) is 2.23. The summed E-state index contributed by atoms with van der Waals surface area (Å²) in [6.45, 7) is 3.63. The number of hydrogen-bond acceptors (Lipinski definition) is 5. The van der Waals surface area contributed by atoms with E-state index in [4.69, 9.17) is 4.74 Å². The van der Waals surface area contributed by atoms with Gasteiger partial charge in [-0.15, -0.1) is 0 Å². The summed E-state index contributed by atoms with van der Waals surface area (Å²) in [4.78, 5) is 7.76. The van der Waals surface area contributed by atoms with Crippen molar-refractivity contribution in [2.45, 2.75) is 6.92 Å². The normalized spacial score (nSPS) is 10.1. The smallest absolute Gasteiger partial charge is 0.224 e. The third-order valence-electron chi connectivity index (χ3n) is 1.68. The van der Waals surface area contributed by atoms with Crippen molar-refractivity contribution in [3.8, 4) is 0 Å². The summed E-state index contributed by atoms with van der Waals surface area (Å²) in [6, 6.07) is 0. The van der Waals surface area contributed by atoms with E-state index in [-0.39, 0.29) is 5.82 Å². The summed E-state index contributed by atoms with van der Waals surface area (Å²) in [5.41, 5.74) is 0. The largest absolute Gasteiger partial charge is 0.383 e. The number of nitrogens with one attached hydrogen (secondary N) is 2. The maximum Gasteiger partial charge on any atom is 0.224 e. The first-order chi connectivity index (χ1) is 7.27. The zero-order chi connectivity index (χ0) is 11.1. The van der Waals surface area contributed by atoms with Gasteiger partial charge in [0, 0.05) is 20.2 Å². The number of ether oxygens (including phenoxy) is 1. The number of rotatable bonds is 6. The van der Waals surface area contributed by atoms with Gasteiger partial charge in [-0.25, -0.2) is 9.37 Å². The molecule has 0 fully saturated rings. The minimum atomic E-state index is -0.465. The Morgan fingerprint density at radius 1 is 1.47 bits per heavy atom. The van der Waals surface area contributed by atoms with Crippen molar-refractivity contribution in [1.29, 1.82) is 0 Å². The van der Waals surface area contributed by atoms with Crippen molar-refractivity contribution in [1.82, 2.24) is 9.97 Å². The summed E-state index contributed by atoms with van der Waals surface area (Å²) in [6.07, 6.45) is 1.14. The van der Waals surface area contributed by atoms with Crippen LogP contribution in [0.3, 0.4) is 0 Å². The molecule has 0 aliphatic heterocycles. The van der Waals surface area contributed by atoms with Crippen LogP contribution in [-0.2, 0) is 4.74 Å². The molecule has 84 valence electrons. The summed E-state index contributed by atoms with van der Waals surface area (Å²) in [7, 11) is 1.59. The zero-order valence-electron chi connectivity index (χ0n) is 8.88. The van der Waals surface area contributed by atoms with Crippen LogP contribution in [0.1, 0.15) is 6.92 Å². The number of aromatic nitrogens is 2. The summed E-state index contributed by atoms with van der Waals surface area (Å²) in [5, 5.41) is 5.73. The van der Waals surface area contributed by atoms with E-state index >= 15 is 0 Å². The van der Waals surface area contributed by atoms with E-state index in [9.17, 15) is 4.39 Å². The fourth-order valence-corrected chi connectivity index (χ4v) is 1.01. The molecule has 1 aromatic heterocycles. The summed E-state index contributed by atoms with van der Waals surface area (Å²) >= 11 is 0. The van der Waals surface area contributed by atoms with Gasteiger partial charge >= 0.3 is 0 Å². The Labute approximate surface area is 88.1 Å². The molecular formula is C9H15FN4O. The molecule has 0 aromatic carbocycles. The second-order valence-corrected chi connectivity index (χ2v) is 2.84. The second-order valence-electron chi connectivity index (χ2n) is 2.84. The quantitative estimate of drug-likeness (QED) is 0.694. The minimum Gasteiger partial charge on any atom is -0.383 e. The van der Waals surface area contributed by atoms with Gasteiger partial charge in [-0.3, -0.25) is 0 Å². The Balaban J connectivity index is 2.63. The van der Waals surface area contributed by atoms with Gasteiger partial charge in [0.1, 0.15) is 0 Å². The van der Waals surface area contributed by atoms with Crippen molar-refractivity contribution < 1.29 is 9.13 Å². The first-order valence-corrected chi connectivity index (χ1v) is 4.77. The van der Waals surface area contributed by atoms with Gasteiger partial charge < -0.3 is 15.4 Å². The van der Waals surface area contributed by atoms with E-state index in [1.165, 1.54) is 0 Å². The molecule has 0 saturated heterocycles. The molecule has 1 aromatic rings. The summed E-state index contributed by atoms with van der Waals surface area (Å²) in [5.74, 6) is 0.143. The van der Waals surface area contributed by atoms with Crippen molar-refractivity contribution in [3.63, 3.8) is 0 Å². The van der Waals surface area contributed by atoms with E-state index in [1.807, 2.05) is 6.92 Å². The zero-order valence-corrected chi connectivity index (χ0v) is 8.88. The van der Waals surface area contributed by atoms with E-state index in [0.717, 1.165) is 6.20 Å². The van der Waals surface area contributed by atoms with Gasteiger partial charge in [-0.05, 0) is 6.92 Å². The van der Waals surface area contributed by atoms with Gasteiger partial charge in [0.25, 0.3) is 0 Å². The number of methoxy groups -OCH3 is 1. The maximum atomic E-state index is 13.2. The number of nitrogens with zero attached hydrogens (tertiary/aromatic N) is 2. The van der Waals surface area contributed by atoms with Crippen LogP contribution in [0.4, 0.5) is 16.2 Å². The highest BCUT2D eigenvalue weighted by Crippen LogP contribution is 2.10. The molecule has 0 aliphatic carbocycles. The molecule has 0 saturated carbocycles. The van der Waals surface area contributed by atoms with Gasteiger partial charge in [0.05, 0.1) is 12.8 Å². The van der Waals surface area contributed by atoms with Crippen molar-refractivity contribution >= 4 is 11.8 Å². The third kappa shape index (κ3) is 3.67. The average molecular weight is 214 g/mol. The molecule has 0 unspecified atom stereocenters. The van der Waals surface area contributed by atoms with Crippen LogP contribution >= 0.6 is 0 Å². The van der Waals surface area contributed by atoms with E-state index < -0.39 is 5.82 Å². The molecule has 0 spiro atoms. The van der Waals surface area contributed by atoms with Crippen molar-refractivity contribution in [2.75, 3.05) is 37.4 Å². The molecule has 5 nitrogen and oxygen atoms in total. The predicted octanol–water partition coefficient (Wildman–Crippen LogP) is 1.11. The topological polar surface area (TPSA) is 59.1 Å². The number of anilines is 2. The highest BCUT2D eigenvalue weighted by Gasteiger charge is 2.05. The lowest BCUT2D eigenvalue weighted by atomic mass is 10.5. The van der Waals surface area contributed by atoms with Gasteiger partial charge in [0.15, 0.2) is 11.6 Å². The van der Waals surface area contributed by atoms with Crippen LogP contribution in [0.25, 0.3) is 0 Å². The first kappa shape index (κ1) is 11.6. The van der Waals surface area contributed by atoms with E-state index in [2.05, 4.69) is 20.6 Å². The van der Waals surface area contributed by atoms with Crippen LogP contribution < -0.4 is 10.6 Å². The van der Waals surface area contributed by atoms with Gasteiger partial charge in [-0.1, -0.05) is 0 Å². The lowest BCUT2D eigenvalue weighted by Crippen LogP contribution is -2.12.